The quantitative estimate of drug-likeness (QED) is 0.678. The van der Waals surface area contributed by atoms with Crippen molar-refractivity contribution < 1.29 is 5.11 Å². The van der Waals surface area contributed by atoms with Crippen molar-refractivity contribution in [3.63, 3.8) is 0 Å². The smallest absolute Gasteiger partial charge is 0.120 e. The Hall–Kier alpha value is -1.18. The fourth-order valence-electron chi connectivity index (χ4n) is 1.01. The summed E-state index contributed by atoms with van der Waals surface area (Å²) >= 11 is 0. The largest absolute Gasteiger partial charge is 0.508 e. The van der Waals surface area contributed by atoms with Gasteiger partial charge in [0, 0.05) is 17.8 Å². The molecule has 0 bridgehead atoms. The summed E-state index contributed by atoms with van der Waals surface area (Å²) in [5, 5.41) is 12.4. The summed E-state index contributed by atoms with van der Waals surface area (Å²) in [6.07, 6.45) is 0. The molecule has 0 heterocycles. The van der Waals surface area contributed by atoms with Crippen LogP contribution in [0.5, 0.6) is 5.75 Å². The van der Waals surface area contributed by atoms with E-state index in [0.29, 0.717) is 5.75 Å². The van der Waals surface area contributed by atoms with E-state index in [9.17, 15) is 5.11 Å². The zero-order chi connectivity index (χ0) is 8.27. The molecule has 0 radical (unpaired) electrons. The lowest BCUT2D eigenvalue weighted by atomic mass is 10.2. The van der Waals surface area contributed by atoms with Gasteiger partial charge in [0.05, 0.1) is 0 Å². The molecule has 0 amide bonds. The third-order valence-electron chi connectivity index (χ3n) is 1.67. The first-order valence-corrected chi connectivity index (χ1v) is 3.78. The molecular formula is C9H13NO. The van der Waals surface area contributed by atoms with E-state index in [0.717, 1.165) is 17.8 Å². The topological polar surface area (TPSA) is 32.3 Å². The van der Waals surface area contributed by atoms with Crippen molar-refractivity contribution in [2.75, 3.05) is 11.9 Å². The first kappa shape index (κ1) is 7.92. The van der Waals surface area contributed by atoms with Crippen LogP contribution in [-0.4, -0.2) is 11.7 Å². The van der Waals surface area contributed by atoms with Crippen LogP contribution in [0.1, 0.15) is 12.5 Å². The molecule has 0 aliphatic heterocycles. The summed E-state index contributed by atoms with van der Waals surface area (Å²) in [4.78, 5) is 0. The van der Waals surface area contributed by atoms with Gasteiger partial charge in [-0.15, -0.1) is 0 Å². The van der Waals surface area contributed by atoms with Gasteiger partial charge in [-0.1, -0.05) is 6.07 Å². The van der Waals surface area contributed by atoms with Gasteiger partial charge in [-0.3, -0.25) is 0 Å². The van der Waals surface area contributed by atoms with Crippen LogP contribution in [-0.2, 0) is 0 Å². The van der Waals surface area contributed by atoms with E-state index in [1.54, 1.807) is 6.07 Å². The molecule has 1 aromatic rings. The highest BCUT2D eigenvalue weighted by Gasteiger charge is 1.99. The highest BCUT2D eigenvalue weighted by molar-refractivity contribution is 5.56. The van der Waals surface area contributed by atoms with Crippen LogP contribution < -0.4 is 5.32 Å². The number of aromatic hydroxyl groups is 1. The van der Waals surface area contributed by atoms with Crippen LogP contribution in [0, 0.1) is 6.92 Å². The molecule has 11 heavy (non-hydrogen) atoms. The van der Waals surface area contributed by atoms with Crippen LogP contribution >= 0.6 is 0 Å². The highest BCUT2D eigenvalue weighted by atomic mass is 16.3. The number of phenolic OH excluding ortho intramolecular Hbond substituents is 1. The van der Waals surface area contributed by atoms with Gasteiger partial charge in [0.1, 0.15) is 5.75 Å². The van der Waals surface area contributed by atoms with Crippen molar-refractivity contribution in [3.05, 3.63) is 23.8 Å². The van der Waals surface area contributed by atoms with Crippen molar-refractivity contribution >= 4 is 5.69 Å². The lowest BCUT2D eigenvalue weighted by Crippen LogP contribution is -1.97. The fraction of sp³-hybridized carbons (Fsp3) is 0.333. The second kappa shape index (κ2) is 3.28. The van der Waals surface area contributed by atoms with Gasteiger partial charge in [0.15, 0.2) is 0 Å². The lowest BCUT2D eigenvalue weighted by Gasteiger charge is -2.07. The summed E-state index contributed by atoms with van der Waals surface area (Å²) in [7, 11) is 0. The SMILES string of the molecule is CCNc1cccc(O)c1C. The lowest BCUT2D eigenvalue weighted by molar-refractivity contribution is 0.471. The van der Waals surface area contributed by atoms with Gasteiger partial charge in [-0.05, 0) is 26.0 Å². The number of phenols is 1. The maximum Gasteiger partial charge on any atom is 0.120 e. The third-order valence-corrected chi connectivity index (χ3v) is 1.67. The highest BCUT2D eigenvalue weighted by Crippen LogP contribution is 2.23. The van der Waals surface area contributed by atoms with Gasteiger partial charge in [0.25, 0.3) is 0 Å². The maximum atomic E-state index is 9.29. The van der Waals surface area contributed by atoms with Crippen LogP contribution in [0.25, 0.3) is 0 Å². The predicted octanol–water partition coefficient (Wildman–Crippen LogP) is 2.13. The molecule has 0 spiro atoms. The molecular weight excluding hydrogens is 138 g/mol. The Kier molecular flexibility index (Phi) is 2.36. The fourth-order valence-corrected chi connectivity index (χ4v) is 1.01. The van der Waals surface area contributed by atoms with Gasteiger partial charge >= 0.3 is 0 Å². The molecule has 2 N–H and O–H groups in total. The normalized spacial score (nSPS) is 9.64. The summed E-state index contributed by atoms with van der Waals surface area (Å²) < 4.78 is 0. The zero-order valence-electron chi connectivity index (χ0n) is 6.89. The molecule has 0 saturated carbocycles. The van der Waals surface area contributed by atoms with Gasteiger partial charge in [-0.25, -0.2) is 0 Å². The molecule has 0 aromatic heterocycles. The van der Waals surface area contributed by atoms with Gasteiger partial charge < -0.3 is 10.4 Å². The number of benzene rings is 1. The van der Waals surface area contributed by atoms with Crippen LogP contribution in [0.15, 0.2) is 18.2 Å². The number of anilines is 1. The summed E-state index contributed by atoms with van der Waals surface area (Å²) in [5.74, 6) is 0.350. The molecule has 1 aromatic carbocycles. The van der Waals surface area contributed by atoms with Gasteiger partial charge in [-0.2, -0.15) is 0 Å². The first-order chi connectivity index (χ1) is 5.25. The second-order valence-corrected chi connectivity index (χ2v) is 2.48. The molecule has 60 valence electrons. The van der Waals surface area contributed by atoms with E-state index >= 15 is 0 Å². The standard InChI is InChI=1S/C9H13NO/c1-3-10-8-5-4-6-9(11)7(8)2/h4-6,10-11H,3H2,1-2H3. The van der Waals surface area contributed by atoms with Crippen molar-refractivity contribution in [2.45, 2.75) is 13.8 Å². The van der Waals surface area contributed by atoms with E-state index in [1.807, 2.05) is 26.0 Å². The van der Waals surface area contributed by atoms with E-state index in [4.69, 9.17) is 0 Å². The Morgan fingerprint density at radius 1 is 1.45 bits per heavy atom. The number of hydrogen-bond acceptors (Lipinski definition) is 2. The average Bonchev–Trinajstić information content (AvgIpc) is 1.99. The minimum absolute atomic E-state index is 0.350. The number of nitrogens with one attached hydrogen (secondary N) is 1. The summed E-state index contributed by atoms with van der Waals surface area (Å²) in [5.41, 5.74) is 1.92. The molecule has 0 atom stereocenters. The van der Waals surface area contributed by atoms with E-state index in [2.05, 4.69) is 5.32 Å². The molecule has 1 rings (SSSR count). The Labute approximate surface area is 66.9 Å². The minimum atomic E-state index is 0.350. The van der Waals surface area contributed by atoms with Crippen LogP contribution in [0.4, 0.5) is 5.69 Å². The molecule has 0 unspecified atom stereocenters. The molecule has 0 aliphatic rings. The molecule has 0 aliphatic carbocycles. The molecule has 0 fully saturated rings. The summed E-state index contributed by atoms with van der Waals surface area (Å²) in [6, 6.07) is 5.48. The Bertz CT molecular complexity index is 245. The number of hydrogen-bond donors (Lipinski definition) is 2. The average molecular weight is 151 g/mol. The molecule has 0 saturated heterocycles. The van der Waals surface area contributed by atoms with Crippen LogP contribution in [0.3, 0.4) is 0 Å². The Morgan fingerprint density at radius 3 is 2.82 bits per heavy atom. The zero-order valence-corrected chi connectivity index (χ0v) is 6.89. The first-order valence-electron chi connectivity index (χ1n) is 3.78. The van der Waals surface area contributed by atoms with Crippen molar-refractivity contribution in [2.24, 2.45) is 0 Å². The predicted molar refractivity (Wildman–Crippen MR) is 47.0 cm³/mol. The van der Waals surface area contributed by atoms with Crippen molar-refractivity contribution in [3.8, 4) is 5.75 Å². The van der Waals surface area contributed by atoms with E-state index in [1.165, 1.54) is 0 Å². The van der Waals surface area contributed by atoms with E-state index in [-0.39, 0.29) is 0 Å². The Morgan fingerprint density at radius 2 is 2.18 bits per heavy atom. The molecule has 2 heteroatoms. The van der Waals surface area contributed by atoms with Crippen molar-refractivity contribution in [1.82, 2.24) is 0 Å². The number of rotatable bonds is 2. The second-order valence-electron chi connectivity index (χ2n) is 2.48. The third kappa shape index (κ3) is 1.64. The minimum Gasteiger partial charge on any atom is -0.508 e. The van der Waals surface area contributed by atoms with Crippen LogP contribution in [0.2, 0.25) is 0 Å². The van der Waals surface area contributed by atoms with E-state index < -0.39 is 0 Å². The Balaban J connectivity index is 2.96. The summed E-state index contributed by atoms with van der Waals surface area (Å²) in [6.45, 7) is 4.81. The monoisotopic (exact) mass is 151 g/mol. The van der Waals surface area contributed by atoms with Crippen molar-refractivity contribution in [1.29, 1.82) is 0 Å². The molecule has 2 nitrogen and oxygen atoms in total. The van der Waals surface area contributed by atoms with Gasteiger partial charge in [0.2, 0.25) is 0 Å². The maximum absolute atomic E-state index is 9.29.